The van der Waals surface area contributed by atoms with Crippen LogP contribution in [0.25, 0.3) is 0 Å². The van der Waals surface area contributed by atoms with Crippen LogP contribution in [0.15, 0.2) is 42.5 Å². The van der Waals surface area contributed by atoms with Crippen molar-refractivity contribution < 1.29 is 42.6 Å². The minimum absolute atomic E-state index is 0.0687. The topological polar surface area (TPSA) is 89.6 Å². The Hall–Kier alpha value is -5.00. The van der Waals surface area contributed by atoms with Crippen molar-refractivity contribution in [1.82, 2.24) is 9.80 Å². The zero-order chi connectivity index (χ0) is 35.1. The van der Waals surface area contributed by atoms with Gasteiger partial charge in [0.2, 0.25) is 19.3 Å². The molecule has 0 saturated heterocycles. The Morgan fingerprint density at radius 2 is 1.21 bits per heavy atom. The number of fused-ring (bicyclic) bond motifs is 10. The van der Waals surface area contributed by atoms with Crippen molar-refractivity contribution in [2.45, 2.75) is 50.4 Å². The van der Waals surface area contributed by atoms with E-state index >= 15 is 0 Å². The van der Waals surface area contributed by atoms with Crippen LogP contribution in [-0.4, -0.2) is 71.5 Å². The van der Waals surface area contributed by atoms with Crippen molar-refractivity contribution in [1.29, 1.82) is 0 Å². The van der Waals surface area contributed by atoms with Crippen LogP contribution in [0, 0.1) is 0 Å². The maximum absolute atomic E-state index is 6.80. The summed E-state index contributed by atoms with van der Waals surface area (Å²) in [5.41, 5.74) is 10.0. The molecule has 0 bridgehead atoms. The van der Waals surface area contributed by atoms with Crippen LogP contribution in [0.3, 0.4) is 0 Å². The summed E-state index contributed by atoms with van der Waals surface area (Å²) in [5, 5.41) is 0. The molecule has 0 spiro atoms. The molecule has 6 aliphatic rings. The van der Waals surface area contributed by atoms with Crippen molar-refractivity contribution >= 4 is 0 Å². The molecule has 6 aliphatic heterocycles. The standard InChI is InChI=1S/C41H42N2O9/c1-44-33-12-25-16-42-6-5-22-9-35-37(51-20-49-35)14-28(22)31(42)7-23(25)10-34(33)48-19-26-17-43-18-30-24(11-39(45-2)41(47-4)40(30)46-3)8-32(43)29-15-38-36(13-27(26)29)50-21-52-38/h9-15,26,31-32H,5-8,16-21H2,1-4H3. The van der Waals surface area contributed by atoms with Gasteiger partial charge in [0.15, 0.2) is 46.0 Å². The van der Waals surface area contributed by atoms with Gasteiger partial charge in [0, 0.05) is 49.7 Å². The molecule has 0 amide bonds. The molecule has 270 valence electrons. The molecule has 4 aromatic carbocycles. The van der Waals surface area contributed by atoms with E-state index in [-0.39, 0.29) is 31.6 Å². The summed E-state index contributed by atoms with van der Waals surface area (Å²) in [5.74, 6) is 6.89. The Morgan fingerprint density at radius 3 is 1.94 bits per heavy atom. The van der Waals surface area contributed by atoms with Crippen molar-refractivity contribution in [3.05, 3.63) is 87.0 Å². The predicted octanol–water partition coefficient (Wildman–Crippen LogP) is 6.11. The summed E-state index contributed by atoms with van der Waals surface area (Å²) < 4.78 is 53.4. The molecule has 11 heteroatoms. The van der Waals surface area contributed by atoms with Crippen LogP contribution in [0.4, 0.5) is 0 Å². The largest absolute Gasteiger partial charge is 0.493 e. The zero-order valence-corrected chi connectivity index (χ0v) is 29.9. The van der Waals surface area contributed by atoms with Crippen molar-refractivity contribution in [2.75, 3.05) is 61.7 Å². The third kappa shape index (κ3) is 4.93. The van der Waals surface area contributed by atoms with Gasteiger partial charge in [-0.05, 0) is 101 Å². The molecule has 0 radical (unpaired) electrons. The van der Waals surface area contributed by atoms with Crippen molar-refractivity contribution in [3.8, 4) is 51.7 Å². The average molecular weight is 707 g/mol. The van der Waals surface area contributed by atoms with Gasteiger partial charge >= 0.3 is 0 Å². The zero-order valence-electron chi connectivity index (χ0n) is 29.9. The number of methoxy groups -OCH3 is 4. The summed E-state index contributed by atoms with van der Waals surface area (Å²) in [4.78, 5) is 5.10. The summed E-state index contributed by atoms with van der Waals surface area (Å²) in [7, 11) is 6.73. The lowest BCUT2D eigenvalue weighted by Crippen LogP contribution is -2.42. The number of ether oxygens (including phenoxy) is 9. The van der Waals surface area contributed by atoms with E-state index in [4.69, 9.17) is 42.6 Å². The molecule has 0 fully saturated rings. The Kier molecular flexibility index (Phi) is 7.51. The van der Waals surface area contributed by atoms with Crippen LogP contribution in [-0.2, 0) is 32.4 Å². The minimum atomic E-state index is 0.0687. The van der Waals surface area contributed by atoms with Crippen LogP contribution in [0.2, 0.25) is 0 Å². The fourth-order valence-corrected chi connectivity index (χ4v) is 9.35. The molecular weight excluding hydrogens is 664 g/mol. The van der Waals surface area contributed by atoms with Gasteiger partial charge in [-0.25, -0.2) is 0 Å². The fourth-order valence-electron chi connectivity index (χ4n) is 9.35. The first-order chi connectivity index (χ1) is 25.5. The molecule has 6 heterocycles. The van der Waals surface area contributed by atoms with E-state index in [9.17, 15) is 0 Å². The second-order valence-electron chi connectivity index (χ2n) is 14.4. The van der Waals surface area contributed by atoms with E-state index in [1.54, 1.807) is 28.4 Å². The lowest BCUT2D eigenvalue weighted by Gasteiger charge is -2.45. The van der Waals surface area contributed by atoms with Gasteiger partial charge in [0.05, 0.1) is 35.0 Å². The van der Waals surface area contributed by atoms with Gasteiger partial charge in [-0.1, -0.05) is 0 Å². The first-order valence-corrected chi connectivity index (χ1v) is 18.0. The number of hydrogen-bond donors (Lipinski definition) is 0. The Bertz CT molecular complexity index is 2100. The smallest absolute Gasteiger partial charge is 0.231 e. The van der Waals surface area contributed by atoms with Crippen LogP contribution in [0.5, 0.6) is 51.7 Å². The van der Waals surface area contributed by atoms with E-state index in [1.165, 1.54) is 38.9 Å². The fraction of sp³-hybridized carbons (Fsp3) is 0.415. The summed E-state index contributed by atoms with van der Waals surface area (Å²) in [6, 6.07) is 15.6. The Labute approximate surface area is 302 Å². The van der Waals surface area contributed by atoms with Crippen molar-refractivity contribution in [3.63, 3.8) is 0 Å². The number of benzene rings is 4. The maximum atomic E-state index is 6.80. The first kappa shape index (κ1) is 31.7. The molecule has 0 aliphatic carbocycles. The molecule has 11 nitrogen and oxygen atoms in total. The van der Waals surface area contributed by atoms with Crippen LogP contribution in [0.1, 0.15) is 62.5 Å². The van der Waals surface area contributed by atoms with Gasteiger partial charge in [-0.3, -0.25) is 9.80 Å². The van der Waals surface area contributed by atoms with Crippen molar-refractivity contribution in [2.24, 2.45) is 0 Å². The minimum Gasteiger partial charge on any atom is -0.493 e. The molecular formula is C41H42N2O9. The second-order valence-corrected chi connectivity index (χ2v) is 14.4. The van der Waals surface area contributed by atoms with Gasteiger partial charge in [-0.2, -0.15) is 0 Å². The third-order valence-corrected chi connectivity index (χ3v) is 11.9. The highest BCUT2D eigenvalue weighted by molar-refractivity contribution is 5.61. The SMILES string of the molecule is COc1cc2c(cc1OCC1CN3Cc4c(cc(OC)c(OC)c4OC)CC3c3cc4c(cc31)OCO4)CC1c3cc4c(cc3CCN1C2)OCO4. The van der Waals surface area contributed by atoms with Crippen LogP contribution < -0.4 is 42.6 Å². The molecule has 0 N–H and O–H groups in total. The number of hydrogen-bond acceptors (Lipinski definition) is 11. The molecule has 0 saturated carbocycles. The van der Waals surface area contributed by atoms with Gasteiger partial charge in [0.1, 0.15) is 0 Å². The molecule has 4 aromatic rings. The van der Waals surface area contributed by atoms with Gasteiger partial charge < -0.3 is 42.6 Å². The normalized spacial score (nSPS) is 21.9. The number of rotatable bonds is 7. The highest BCUT2D eigenvalue weighted by Gasteiger charge is 2.41. The summed E-state index contributed by atoms with van der Waals surface area (Å²) >= 11 is 0. The summed E-state index contributed by atoms with van der Waals surface area (Å²) in [6.45, 7) is 4.36. The third-order valence-electron chi connectivity index (χ3n) is 11.9. The average Bonchev–Trinajstić information content (AvgIpc) is 3.84. The van der Waals surface area contributed by atoms with Gasteiger partial charge in [0.25, 0.3) is 0 Å². The Morgan fingerprint density at radius 1 is 0.577 bits per heavy atom. The molecule has 10 rings (SSSR count). The quantitative estimate of drug-likeness (QED) is 0.223. The first-order valence-electron chi connectivity index (χ1n) is 18.0. The Balaban J connectivity index is 0.961. The van der Waals surface area contributed by atoms with Crippen LogP contribution >= 0.6 is 0 Å². The lowest BCUT2D eigenvalue weighted by atomic mass is 9.79. The molecule has 3 unspecified atom stereocenters. The highest BCUT2D eigenvalue weighted by atomic mass is 16.7. The summed E-state index contributed by atoms with van der Waals surface area (Å²) in [6.07, 6.45) is 2.69. The molecule has 52 heavy (non-hydrogen) atoms. The monoisotopic (exact) mass is 706 g/mol. The van der Waals surface area contributed by atoms with E-state index < -0.39 is 0 Å². The highest BCUT2D eigenvalue weighted by Crippen LogP contribution is 2.52. The number of nitrogens with zero attached hydrogens (tertiary/aromatic N) is 2. The van der Waals surface area contributed by atoms with E-state index in [2.05, 4.69) is 52.3 Å². The van der Waals surface area contributed by atoms with Gasteiger partial charge in [-0.15, -0.1) is 0 Å². The lowest BCUT2D eigenvalue weighted by molar-refractivity contribution is 0.122. The van der Waals surface area contributed by atoms with E-state index in [0.29, 0.717) is 24.7 Å². The predicted molar refractivity (Wildman–Crippen MR) is 190 cm³/mol. The second kappa shape index (κ2) is 12.3. The maximum Gasteiger partial charge on any atom is 0.231 e. The van der Waals surface area contributed by atoms with E-state index in [1.807, 2.05) is 0 Å². The molecule has 0 aromatic heterocycles. The molecule has 3 atom stereocenters. The van der Waals surface area contributed by atoms with E-state index in [0.717, 1.165) is 84.7 Å².